The van der Waals surface area contributed by atoms with Crippen LogP contribution in [0.4, 0.5) is 0 Å². The molecule has 0 heterocycles. The molecule has 0 aromatic heterocycles. The fourth-order valence-electron chi connectivity index (χ4n) is 0.650. The number of benzene rings is 1. The predicted molar refractivity (Wildman–Crippen MR) is 47.5 cm³/mol. The maximum absolute atomic E-state index is 5.26. The van der Waals surface area contributed by atoms with Crippen LogP contribution in [0.25, 0.3) is 0 Å². The molecule has 2 N–H and O–H groups in total. The molecular weight excluding hydrogens is 206 g/mol. The molecule has 0 aliphatic heterocycles. The number of hydrogen-bond donors (Lipinski definition) is 1. The van der Waals surface area contributed by atoms with E-state index in [1.54, 1.807) is 0 Å². The number of rotatable bonds is 3. The summed E-state index contributed by atoms with van der Waals surface area (Å²) >= 11 is 3.30. The smallest absolute Gasteiger partial charge is 0.127 e. The van der Waals surface area contributed by atoms with Gasteiger partial charge in [-0.15, -0.1) is 0 Å². The van der Waals surface area contributed by atoms with Gasteiger partial charge in [-0.25, -0.2) is 0 Å². The van der Waals surface area contributed by atoms with E-state index in [1.807, 2.05) is 18.2 Å². The lowest BCUT2D eigenvalue weighted by molar-refractivity contribution is 0.327. The van der Waals surface area contributed by atoms with E-state index >= 15 is 0 Å². The van der Waals surface area contributed by atoms with E-state index < -0.39 is 0 Å². The van der Waals surface area contributed by atoms with Crippen molar-refractivity contribution in [2.24, 2.45) is 5.73 Å². The maximum atomic E-state index is 5.26. The molecule has 0 atom stereocenters. The largest absolute Gasteiger partial charge is 0.492 e. The van der Waals surface area contributed by atoms with Gasteiger partial charge in [-0.3, -0.25) is 0 Å². The summed E-state index contributed by atoms with van der Waals surface area (Å²) in [4.78, 5) is 0. The predicted octanol–water partition coefficient (Wildman–Crippen LogP) is 1.59. The number of nitrogens with two attached hydrogens (primary N) is 1. The highest BCUT2D eigenvalue weighted by molar-refractivity contribution is 9.10. The molecule has 1 aromatic rings. The van der Waals surface area contributed by atoms with Crippen molar-refractivity contribution in [1.29, 1.82) is 0 Å². The number of ether oxygens (including phenoxy) is 1. The third-order valence-electron chi connectivity index (χ3n) is 1.12. The van der Waals surface area contributed by atoms with Gasteiger partial charge in [-0.2, -0.15) is 0 Å². The first-order chi connectivity index (χ1) is 5.33. The highest BCUT2D eigenvalue weighted by Gasteiger charge is 1.91. The molecule has 0 saturated carbocycles. The third kappa shape index (κ3) is 2.91. The Kier molecular flexibility index (Phi) is 3.39. The minimum absolute atomic E-state index is 0.532. The minimum Gasteiger partial charge on any atom is -0.492 e. The van der Waals surface area contributed by atoms with Gasteiger partial charge in [-0.1, -0.05) is 15.9 Å². The molecule has 0 aliphatic carbocycles. The lowest BCUT2D eigenvalue weighted by Crippen LogP contribution is -2.10. The van der Waals surface area contributed by atoms with E-state index in [0.717, 1.165) is 10.2 Å². The standard InChI is InChI=1S/C8H9BrNO/c9-7-1-3-8(4-2-7)11-6-5-10/h1-3H,5-6,10H2. The molecule has 0 saturated heterocycles. The molecule has 0 aliphatic rings. The van der Waals surface area contributed by atoms with Crippen molar-refractivity contribution < 1.29 is 4.74 Å². The summed E-state index contributed by atoms with van der Waals surface area (Å²) in [5, 5.41) is 0. The second kappa shape index (κ2) is 4.36. The van der Waals surface area contributed by atoms with Gasteiger partial charge in [0.2, 0.25) is 0 Å². The number of hydrogen-bond acceptors (Lipinski definition) is 2. The summed E-state index contributed by atoms with van der Waals surface area (Å²) < 4.78 is 6.21. The van der Waals surface area contributed by atoms with E-state index in [9.17, 15) is 0 Å². The minimum atomic E-state index is 0.532. The Balaban J connectivity index is 2.52. The van der Waals surface area contributed by atoms with Gasteiger partial charge in [-0.05, 0) is 18.2 Å². The summed E-state index contributed by atoms with van der Waals surface area (Å²) in [5.41, 5.74) is 5.26. The normalized spacial score (nSPS) is 9.64. The van der Waals surface area contributed by atoms with Gasteiger partial charge in [0.1, 0.15) is 12.4 Å². The molecule has 0 spiro atoms. The lowest BCUT2D eigenvalue weighted by Gasteiger charge is -2.02. The van der Waals surface area contributed by atoms with Crippen LogP contribution in [0.15, 0.2) is 22.7 Å². The molecular formula is C8H9BrNO. The quantitative estimate of drug-likeness (QED) is 0.830. The Bertz CT molecular complexity index is 210. The maximum Gasteiger partial charge on any atom is 0.127 e. The monoisotopic (exact) mass is 214 g/mol. The Morgan fingerprint density at radius 1 is 1.55 bits per heavy atom. The Morgan fingerprint density at radius 3 is 2.91 bits per heavy atom. The molecule has 1 rings (SSSR count). The molecule has 0 amide bonds. The van der Waals surface area contributed by atoms with Crippen LogP contribution < -0.4 is 10.5 Å². The van der Waals surface area contributed by atoms with Crippen molar-refractivity contribution in [3.05, 3.63) is 28.7 Å². The first-order valence-electron chi connectivity index (χ1n) is 3.33. The zero-order valence-electron chi connectivity index (χ0n) is 6.01. The van der Waals surface area contributed by atoms with Crippen molar-refractivity contribution in [1.82, 2.24) is 0 Å². The first kappa shape index (κ1) is 8.56. The van der Waals surface area contributed by atoms with Gasteiger partial charge in [0.15, 0.2) is 0 Å². The molecule has 11 heavy (non-hydrogen) atoms. The van der Waals surface area contributed by atoms with E-state index in [0.29, 0.717) is 13.2 Å². The van der Waals surface area contributed by atoms with Crippen molar-refractivity contribution in [2.75, 3.05) is 13.2 Å². The van der Waals surface area contributed by atoms with Gasteiger partial charge >= 0.3 is 0 Å². The Labute approximate surface area is 74.5 Å². The summed E-state index contributed by atoms with van der Waals surface area (Å²) in [5.74, 6) is 0.735. The summed E-state index contributed by atoms with van der Waals surface area (Å²) in [7, 11) is 0. The zero-order chi connectivity index (χ0) is 8.10. The molecule has 0 fully saturated rings. The van der Waals surface area contributed by atoms with Crippen molar-refractivity contribution >= 4 is 15.9 Å². The van der Waals surface area contributed by atoms with E-state index in [4.69, 9.17) is 10.5 Å². The van der Waals surface area contributed by atoms with E-state index in [1.165, 1.54) is 0 Å². The van der Waals surface area contributed by atoms with Crippen LogP contribution in [0.2, 0.25) is 0 Å². The average Bonchev–Trinajstić information content (AvgIpc) is 2.04. The molecule has 2 nitrogen and oxygen atoms in total. The molecule has 1 aromatic carbocycles. The van der Waals surface area contributed by atoms with Gasteiger partial charge < -0.3 is 10.5 Å². The molecule has 0 bridgehead atoms. The van der Waals surface area contributed by atoms with E-state index in [2.05, 4.69) is 22.0 Å². The first-order valence-corrected chi connectivity index (χ1v) is 4.12. The SMILES string of the molecule is NCCOc1[c]cc(Br)cc1. The summed E-state index contributed by atoms with van der Waals surface area (Å²) in [6.07, 6.45) is 0. The molecule has 3 heteroatoms. The van der Waals surface area contributed by atoms with Crippen LogP contribution in [-0.4, -0.2) is 13.2 Å². The van der Waals surface area contributed by atoms with Crippen LogP contribution in [0, 0.1) is 6.07 Å². The second-order valence-electron chi connectivity index (χ2n) is 2.01. The van der Waals surface area contributed by atoms with Crippen LogP contribution in [-0.2, 0) is 0 Å². The Hall–Kier alpha value is -0.540. The molecule has 59 valence electrons. The fraction of sp³-hybridized carbons (Fsp3) is 0.250. The highest BCUT2D eigenvalue weighted by Crippen LogP contribution is 2.14. The molecule has 1 radical (unpaired) electrons. The topological polar surface area (TPSA) is 35.2 Å². The van der Waals surface area contributed by atoms with Gasteiger partial charge in [0, 0.05) is 17.1 Å². The molecule has 0 unspecified atom stereocenters. The Morgan fingerprint density at radius 2 is 2.36 bits per heavy atom. The van der Waals surface area contributed by atoms with Crippen molar-refractivity contribution in [2.45, 2.75) is 0 Å². The summed E-state index contributed by atoms with van der Waals surface area (Å²) in [6, 6.07) is 8.51. The van der Waals surface area contributed by atoms with Gasteiger partial charge in [0.25, 0.3) is 0 Å². The second-order valence-corrected chi connectivity index (χ2v) is 2.92. The van der Waals surface area contributed by atoms with Crippen LogP contribution in [0.5, 0.6) is 5.75 Å². The van der Waals surface area contributed by atoms with Crippen LogP contribution in [0.1, 0.15) is 0 Å². The van der Waals surface area contributed by atoms with Crippen LogP contribution >= 0.6 is 15.9 Å². The van der Waals surface area contributed by atoms with Crippen molar-refractivity contribution in [3.63, 3.8) is 0 Å². The highest BCUT2D eigenvalue weighted by atomic mass is 79.9. The lowest BCUT2D eigenvalue weighted by atomic mass is 10.3. The number of halogens is 1. The third-order valence-corrected chi connectivity index (χ3v) is 1.61. The van der Waals surface area contributed by atoms with Gasteiger partial charge in [0.05, 0.1) is 0 Å². The fourth-order valence-corrected chi connectivity index (χ4v) is 0.897. The average molecular weight is 215 g/mol. The van der Waals surface area contributed by atoms with Crippen LogP contribution in [0.3, 0.4) is 0 Å². The summed E-state index contributed by atoms with van der Waals surface area (Å²) in [6.45, 7) is 1.07. The zero-order valence-corrected chi connectivity index (χ0v) is 7.60. The van der Waals surface area contributed by atoms with Crippen molar-refractivity contribution in [3.8, 4) is 5.75 Å². The van der Waals surface area contributed by atoms with E-state index in [-0.39, 0.29) is 0 Å².